The van der Waals surface area contributed by atoms with Gasteiger partial charge in [-0.1, -0.05) is 29.8 Å². The molecule has 0 radical (unpaired) electrons. The normalized spacial score (nSPS) is 13.2. The predicted molar refractivity (Wildman–Crippen MR) is 70.6 cm³/mol. The Bertz CT molecular complexity index is 379. The average molecular weight is 294 g/mol. The van der Waals surface area contributed by atoms with E-state index in [2.05, 4.69) is 0 Å². The lowest BCUT2D eigenvalue weighted by Crippen LogP contribution is -2.33. The zero-order chi connectivity index (χ0) is 14.3. The van der Waals surface area contributed by atoms with Gasteiger partial charge in [0.15, 0.2) is 0 Å². The standard InChI is InChI=1S/C13H18ClF2NO2/c14-11-4-2-1-3-10(11)12(19)5-6-17(7-8-18)9-13(15)16/h1-4,12-13,18-19H,5-9H2. The van der Waals surface area contributed by atoms with Crippen molar-refractivity contribution in [2.75, 3.05) is 26.2 Å². The van der Waals surface area contributed by atoms with Crippen molar-refractivity contribution >= 4 is 11.6 Å². The summed E-state index contributed by atoms with van der Waals surface area (Å²) >= 11 is 5.95. The van der Waals surface area contributed by atoms with Crippen molar-refractivity contribution in [3.8, 4) is 0 Å². The van der Waals surface area contributed by atoms with E-state index in [1.165, 1.54) is 4.90 Å². The van der Waals surface area contributed by atoms with Gasteiger partial charge in [0.2, 0.25) is 0 Å². The van der Waals surface area contributed by atoms with Crippen LogP contribution in [-0.2, 0) is 0 Å². The first-order valence-electron chi connectivity index (χ1n) is 6.08. The van der Waals surface area contributed by atoms with Crippen LogP contribution >= 0.6 is 11.6 Å². The molecule has 1 atom stereocenters. The number of hydrogen-bond acceptors (Lipinski definition) is 3. The van der Waals surface area contributed by atoms with Crippen LogP contribution in [0, 0.1) is 0 Å². The van der Waals surface area contributed by atoms with Crippen LogP contribution in [0.15, 0.2) is 24.3 Å². The third-order valence-electron chi connectivity index (χ3n) is 2.80. The number of hydrogen-bond donors (Lipinski definition) is 2. The van der Waals surface area contributed by atoms with Crippen LogP contribution in [-0.4, -0.2) is 47.8 Å². The second-order valence-corrected chi connectivity index (χ2v) is 4.65. The molecule has 0 saturated heterocycles. The lowest BCUT2D eigenvalue weighted by molar-refractivity contribution is 0.0660. The molecule has 108 valence electrons. The number of benzene rings is 1. The minimum absolute atomic E-state index is 0.166. The van der Waals surface area contributed by atoms with E-state index in [1.54, 1.807) is 24.3 Å². The van der Waals surface area contributed by atoms with Crippen molar-refractivity contribution in [1.29, 1.82) is 0 Å². The molecule has 1 aromatic carbocycles. The molecule has 0 fully saturated rings. The highest BCUT2D eigenvalue weighted by Gasteiger charge is 2.15. The van der Waals surface area contributed by atoms with E-state index in [4.69, 9.17) is 16.7 Å². The van der Waals surface area contributed by atoms with E-state index in [9.17, 15) is 13.9 Å². The molecule has 6 heteroatoms. The first-order chi connectivity index (χ1) is 9.04. The molecule has 0 bridgehead atoms. The number of rotatable bonds is 8. The average Bonchev–Trinajstić information content (AvgIpc) is 2.36. The van der Waals surface area contributed by atoms with Crippen molar-refractivity contribution < 1.29 is 19.0 Å². The van der Waals surface area contributed by atoms with Crippen LogP contribution in [0.2, 0.25) is 5.02 Å². The van der Waals surface area contributed by atoms with E-state index < -0.39 is 19.1 Å². The fourth-order valence-electron chi connectivity index (χ4n) is 1.84. The number of aliphatic hydroxyl groups excluding tert-OH is 2. The van der Waals surface area contributed by atoms with Crippen LogP contribution in [0.5, 0.6) is 0 Å². The Morgan fingerprint density at radius 2 is 1.89 bits per heavy atom. The first kappa shape index (κ1) is 16.3. The maximum atomic E-state index is 12.3. The molecule has 0 aromatic heterocycles. The zero-order valence-electron chi connectivity index (χ0n) is 10.5. The highest BCUT2D eigenvalue weighted by atomic mass is 35.5. The Balaban J connectivity index is 2.51. The Labute approximate surface area is 116 Å². The molecule has 2 N–H and O–H groups in total. The van der Waals surface area contributed by atoms with Crippen molar-refractivity contribution in [3.05, 3.63) is 34.9 Å². The van der Waals surface area contributed by atoms with Gasteiger partial charge >= 0.3 is 0 Å². The summed E-state index contributed by atoms with van der Waals surface area (Å²) in [6.07, 6.45) is -2.97. The molecule has 0 amide bonds. The van der Waals surface area contributed by atoms with Crippen LogP contribution in [0.4, 0.5) is 8.78 Å². The molecule has 3 nitrogen and oxygen atoms in total. The molecule has 0 spiro atoms. The lowest BCUT2D eigenvalue weighted by atomic mass is 10.1. The molecule has 0 heterocycles. The third kappa shape index (κ3) is 5.82. The van der Waals surface area contributed by atoms with Gasteiger partial charge in [-0.2, -0.15) is 0 Å². The molecule has 0 aliphatic carbocycles. The largest absolute Gasteiger partial charge is 0.395 e. The van der Waals surface area contributed by atoms with Crippen molar-refractivity contribution in [3.63, 3.8) is 0 Å². The van der Waals surface area contributed by atoms with Crippen molar-refractivity contribution in [2.45, 2.75) is 19.0 Å². The molecule has 0 aliphatic rings. The molecular weight excluding hydrogens is 276 g/mol. The molecule has 0 aliphatic heterocycles. The van der Waals surface area contributed by atoms with Crippen LogP contribution < -0.4 is 0 Å². The quantitative estimate of drug-likeness (QED) is 0.773. The SMILES string of the molecule is OCCN(CCC(O)c1ccccc1Cl)CC(F)F. The maximum absolute atomic E-state index is 12.3. The van der Waals surface area contributed by atoms with E-state index in [0.717, 1.165) is 0 Å². The third-order valence-corrected chi connectivity index (χ3v) is 3.14. The monoisotopic (exact) mass is 293 g/mol. The van der Waals surface area contributed by atoms with Gasteiger partial charge in [-0.05, 0) is 18.1 Å². The van der Waals surface area contributed by atoms with Crippen LogP contribution in [0.1, 0.15) is 18.1 Å². The minimum Gasteiger partial charge on any atom is -0.395 e. The second kappa shape index (κ2) is 8.43. The van der Waals surface area contributed by atoms with Crippen molar-refractivity contribution in [1.82, 2.24) is 4.90 Å². The van der Waals surface area contributed by atoms with E-state index in [-0.39, 0.29) is 26.1 Å². The summed E-state index contributed by atoms with van der Waals surface area (Å²) in [7, 11) is 0. The summed E-state index contributed by atoms with van der Waals surface area (Å²) in [5, 5.41) is 19.3. The van der Waals surface area contributed by atoms with Gasteiger partial charge in [0.05, 0.1) is 19.3 Å². The number of alkyl halides is 2. The van der Waals surface area contributed by atoms with Crippen LogP contribution in [0.3, 0.4) is 0 Å². The maximum Gasteiger partial charge on any atom is 0.251 e. The smallest absolute Gasteiger partial charge is 0.251 e. The Hall–Kier alpha value is -0.750. The molecule has 0 saturated carbocycles. The molecule has 1 unspecified atom stereocenters. The number of aliphatic hydroxyl groups is 2. The molecule has 19 heavy (non-hydrogen) atoms. The summed E-state index contributed by atoms with van der Waals surface area (Å²) in [5.74, 6) is 0. The van der Waals surface area contributed by atoms with Gasteiger partial charge in [-0.3, -0.25) is 4.90 Å². The highest BCUT2D eigenvalue weighted by molar-refractivity contribution is 6.31. The van der Waals surface area contributed by atoms with Gasteiger partial charge in [0.1, 0.15) is 0 Å². The Morgan fingerprint density at radius 3 is 2.47 bits per heavy atom. The Morgan fingerprint density at radius 1 is 1.21 bits per heavy atom. The van der Waals surface area contributed by atoms with Crippen molar-refractivity contribution in [2.24, 2.45) is 0 Å². The van der Waals surface area contributed by atoms with Crippen LogP contribution in [0.25, 0.3) is 0 Å². The summed E-state index contributed by atoms with van der Waals surface area (Å²) in [6, 6.07) is 6.89. The summed E-state index contributed by atoms with van der Waals surface area (Å²) in [4.78, 5) is 1.42. The Kier molecular flexibility index (Phi) is 7.23. The van der Waals surface area contributed by atoms with E-state index in [0.29, 0.717) is 10.6 Å². The lowest BCUT2D eigenvalue weighted by Gasteiger charge is -2.22. The summed E-state index contributed by atoms with van der Waals surface area (Å²) in [5.41, 5.74) is 0.588. The van der Waals surface area contributed by atoms with Gasteiger partial charge in [-0.25, -0.2) is 8.78 Å². The fourth-order valence-corrected chi connectivity index (χ4v) is 2.10. The summed E-state index contributed by atoms with van der Waals surface area (Å²) < 4.78 is 24.6. The summed E-state index contributed by atoms with van der Waals surface area (Å²) in [6.45, 7) is -0.151. The van der Waals surface area contributed by atoms with Gasteiger partial charge in [0.25, 0.3) is 6.43 Å². The van der Waals surface area contributed by atoms with Gasteiger partial charge < -0.3 is 10.2 Å². The zero-order valence-corrected chi connectivity index (χ0v) is 11.2. The van der Waals surface area contributed by atoms with E-state index >= 15 is 0 Å². The highest BCUT2D eigenvalue weighted by Crippen LogP contribution is 2.24. The first-order valence-corrected chi connectivity index (χ1v) is 6.46. The number of nitrogens with zero attached hydrogens (tertiary/aromatic N) is 1. The van der Waals surface area contributed by atoms with E-state index in [1.807, 2.05) is 0 Å². The molecule has 1 rings (SSSR count). The van der Waals surface area contributed by atoms with Gasteiger partial charge in [0, 0.05) is 18.1 Å². The minimum atomic E-state index is -2.45. The second-order valence-electron chi connectivity index (χ2n) is 4.24. The molecular formula is C13H18ClF2NO2. The fraction of sp³-hybridized carbons (Fsp3) is 0.538. The van der Waals surface area contributed by atoms with Gasteiger partial charge in [-0.15, -0.1) is 0 Å². The molecule has 1 aromatic rings. The number of halogens is 3. The predicted octanol–water partition coefficient (Wildman–Crippen LogP) is 2.32. The topological polar surface area (TPSA) is 43.7 Å².